The van der Waals surface area contributed by atoms with Gasteiger partial charge in [-0.2, -0.15) is 0 Å². The van der Waals surface area contributed by atoms with Gasteiger partial charge in [-0.05, 0) is 27.1 Å². The largest absolute Gasteiger partial charge is 0.512 e. The second-order valence-corrected chi connectivity index (χ2v) is 9.45. The molecule has 1 amide bonds. The maximum absolute atomic E-state index is 13.4. The van der Waals surface area contributed by atoms with Crippen LogP contribution in [0.4, 0.5) is 0 Å². The molecule has 1 saturated carbocycles. The second kappa shape index (κ2) is 7.00. The van der Waals surface area contributed by atoms with Crippen LogP contribution in [-0.2, 0) is 14.4 Å². The van der Waals surface area contributed by atoms with Gasteiger partial charge in [-0.25, -0.2) is 0 Å². The van der Waals surface area contributed by atoms with Gasteiger partial charge in [-0.15, -0.1) is 0 Å². The highest BCUT2D eigenvalue weighted by molar-refractivity contribution is 6.22. The Morgan fingerprint density at radius 2 is 1.70 bits per heavy atom. The third-order valence-corrected chi connectivity index (χ3v) is 7.49. The number of nitrogens with zero attached hydrogens (tertiary/aromatic N) is 1. The van der Waals surface area contributed by atoms with E-state index in [0.29, 0.717) is 0 Å². The van der Waals surface area contributed by atoms with E-state index < -0.39 is 92.9 Å². The third-order valence-electron chi connectivity index (χ3n) is 7.49. The van der Waals surface area contributed by atoms with E-state index in [1.807, 2.05) is 0 Å². The van der Waals surface area contributed by atoms with Gasteiger partial charge >= 0.3 is 0 Å². The van der Waals surface area contributed by atoms with Crippen LogP contribution in [0.25, 0.3) is 0 Å². The number of allylic oxidation sites excluding steroid dienone is 3. The zero-order valence-corrected chi connectivity index (χ0v) is 18.1. The number of nitrogens with two attached hydrogens (primary N) is 1. The van der Waals surface area contributed by atoms with Crippen molar-refractivity contribution in [2.45, 2.75) is 30.3 Å². The maximum Gasteiger partial charge on any atom is 0.255 e. The van der Waals surface area contributed by atoms with Crippen LogP contribution in [0.3, 0.4) is 0 Å². The van der Waals surface area contributed by atoms with Gasteiger partial charge in [0, 0.05) is 17.4 Å². The summed E-state index contributed by atoms with van der Waals surface area (Å²) in [6.07, 6.45) is 2.34. The number of amides is 1. The summed E-state index contributed by atoms with van der Waals surface area (Å²) >= 11 is 0. The lowest BCUT2D eigenvalue weighted by Gasteiger charge is -2.57. The molecule has 178 valence electrons. The highest BCUT2D eigenvalue weighted by Gasteiger charge is 2.70. The number of Topliss-reactive ketones (excluding diaryl/α,β-unsaturated/α-hetero) is 2. The molecular weight excluding hydrogens is 436 g/mol. The summed E-state index contributed by atoms with van der Waals surface area (Å²) in [5.74, 6) is -11.5. The molecule has 0 spiro atoms. The third kappa shape index (κ3) is 2.67. The normalized spacial score (nSPS) is 42.7. The van der Waals surface area contributed by atoms with Crippen LogP contribution in [0.2, 0.25) is 0 Å². The molecule has 11 nitrogen and oxygen atoms in total. The Morgan fingerprint density at radius 1 is 1.09 bits per heavy atom. The summed E-state index contributed by atoms with van der Waals surface area (Å²) in [7, 11) is 2.83. The van der Waals surface area contributed by atoms with Crippen LogP contribution in [0.5, 0.6) is 0 Å². The Bertz CT molecular complexity index is 1100. The topological polar surface area (TPSA) is 202 Å². The first-order chi connectivity index (χ1) is 15.2. The van der Waals surface area contributed by atoms with Crippen molar-refractivity contribution in [3.63, 3.8) is 0 Å². The molecule has 0 aliphatic heterocycles. The number of aliphatic hydroxyl groups is 6. The van der Waals surface area contributed by atoms with Crippen molar-refractivity contribution in [1.82, 2.24) is 4.90 Å². The molecule has 0 heterocycles. The van der Waals surface area contributed by atoms with Gasteiger partial charge in [-0.1, -0.05) is 12.2 Å². The van der Waals surface area contributed by atoms with Crippen LogP contribution < -0.4 is 5.73 Å². The van der Waals surface area contributed by atoms with Crippen LogP contribution in [0.1, 0.15) is 6.92 Å². The zero-order chi connectivity index (χ0) is 24.8. The van der Waals surface area contributed by atoms with Gasteiger partial charge in [0.05, 0.1) is 29.6 Å². The molecule has 11 heteroatoms. The van der Waals surface area contributed by atoms with Gasteiger partial charge in [0.1, 0.15) is 22.9 Å². The number of fused-ring (bicyclic) bond motifs is 3. The number of hydrogen-bond donors (Lipinski definition) is 7. The summed E-state index contributed by atoms with van der Waals surface area (Å²) in [5.41, 5.74) is -1.18. The monoisotopic (exact) mass is 462 g/mol. The van der Waals surface area contributed by atoms with Crippen molar-refractivity contribution in [1.29, 1.82) is 0 Å². The minimum atomic E-state index is -2.93. The fourth-order valence-electron chi connectivity index (χ4n) is 6.02. The van der Waals surface area contributed by atoms with E-state index in [2.05, 4.69) is 0 Å². The molecular formula is C22H26N2O9. The summed E-state index contributed by atoms with van der Waals surface area (Å²) in [6, 6.07) is -1.45. The van der Waals surface area contributed by atoms with E-state index in [4.69, 9.17) is 5.73 Å². The van der Waals surface area contributed by atoms with E-state index in [1.54, 1.807) is 0 Å². The minimum Gasteiger partial charge on any atom is -0.512 e. The predicted molar refractivity (Wildman–Crippen MR) is 111 cm³/mol. The SMILES string of the molecule is CN(C)C1C(=O)C(C(N)=O)=C(O)C2(O)C(O)=C3C(=O)C4C(O)=CC=CC4C(C)(O)C3C(O)C12. The van der Waals surface area contributed by atoms with Gasteiger partial charge in [0.15, 0.2) is 17.2 Å². The van der Waals surface area contributed by atoms with Crippen molar-refractivity contribution in [2.75, 3.05) is 14.1 Å². The molecule has 8 unspecified atom stereocenters. The first kappa shape index (κ1) is 23.2. The number of primary amides is 1. The molecule has 8 N–H and O–H groups in total. The van der Waals surface area contributed by atoms with Gasteiger partial charge in [-0.3, -0.25) is 19.3 Å². The van der Waals surface area contributed by atoms with Crippen LogP contribution in [0.15, 0.2) is 46.7 Å². The van der Waals surface area contributed by atoms with Gasteiger partial charge in [0.25, 0.3) is 5.91 Å². The van der Waals surface area contributed by atoms with Crippen molar-refractivity contribution < 1.29 is 45.0 Å². The summed E-state index contributed by atoms with van der Waals surface area (Å²) < 4.78 is 0. The van der Waals surface area contributed by atoms with E-state index in [9.17, 15) is 45.0 Å². The van der Waals surface area contributed by atoms with Crippen molar-refractivity contribution in [3.05, 3.63) is 46.7 Å². The van der Waals surface area contributed by atoms with Crippen molar-refractivity contribution in [3.8, 4) is 0 Å². The highest BCUT2D eigenvalue weighted by atomic mass is 16.4. The summed E-state index contributed by atoms with van der Waals surface area (Å²) in [6.45, 7) is 1.31. The van der Waals surface area contributed by atoms with Crippen LogP contribution in [0, 0.1) is 23.7 Å². The Kier molecular flexibility index (Phi) is 4.92. The lowest BCUT2D eigenvalue weighted by molar-refractivity contribution is -0.182. The van der Waals surface area contributed by atoms with Crippen molar-refractivity contribution in [2.24, 2.45) is 29.4 Å². The number of ketones is 2. The number of carbonyl (C=O) groups excluding carboxylic acids is 3. The number of hydrogen-bond acceptors (Lipinski definition) is 10. The first-order valence-electron chi connectivity index (χ1n) is 10.3. The fraction of sp³-hybridized carbons (Fsp3) is 0.500. The molecule has 0 saturated heterocycles. The van der Waals surface area contributed by atoms with Gasteiger partial charge in [0.2, 0.25) is 0 Å². The number of aliphatic hydroxyl groups excluding tert-OH is 4. The summed E-state index contributed by atoms with van der Waals surface area (Å²) in [5, 5.41) is 66.8. The Labute approximate surface area is 188 Å². The van der Waals surface area contributed by atoms with Crippen LogP contribution >= 0.6 is 0 Å². The Balaban J connectivity index is 2.07. The van der Waals surface area contributed by atoms with E-state index in [0.717, 1.165) is 0 Å². The minimum absolute atomic E-state index is 0.391. The molecule has 0 aromatic heterocycles. The number of carbonyl (C=O) groups is 3. The maximum atomic E-state index is 13.4. The molecule has 4 aliphatic carbocycles. The predicted octanol–water partition coefficient (Wildman–Crippen LogP) is -1.48. The Hall–Kier alpha value is -2.99. The average Bonchev–Trinajstić information content (AvgIpc) is 2.70. The molecule has 33 heavy (non-hydrogen) atoms. The van der Waals surface area contributed by atoms with Crippen molar-refractivity contribution >= 4 is 17.5 Å². The molecule has 0 aromatic rings. The van der Waals surface area contributed by atoms with E-state index >= 15 is 0 Å². The fourth-order valence-corrected chi connectivity index (χ4v) is 6.02. The van der Waals surface area contributed by atoms with E-state index in [-0.39, 0.29) is 0 Å². The Morgan fingerprint density at radius 3 is 2.24 bits per heavy atom. The molecule has 0 bridgehead atoms. The molecule has 1 fully saturated rings. The van der Waals surface area contributed by atoms with E-state index in [1.165, 1.54) is 44.1 Å². The molecule has 4 rings (SSSR count). The lowest BCUT2D eigenvalue weighted by atomic mass is 9.51. The van der Waals surface area contributed by atoms with Crippen LogP contribution in [-0.4, -0.2) is 90.5 Å². The number of rotatable bonds is 2. The number of likely N-dealkylation sites (N-methyl/N-ethyl adjacent to an activating group) is 1. The first-order valence-corrected chi connectivity index (χ1v) is 10.3. The average molecular weight is 462 g/mol. The molecule has 8 atom stereocenters. The molecule has 0 radical (unpaired) electrons. The second-order valence-electron chi connectivity index (χ2n) is 9.45. The standard InChI is InChI=1S/C22H26N2O9/c1-21(32)7-5-4-6-8(25)9(7)15(26)10-12(21)17(28)13-14(24(2)3)16(27)11(20(23)31)19(30)22(13,33)18(10)29/h4-7,9,12-14,17,25,28-30,32-33H,1-3H3,(H2,23,31). The zero-order valence-electron chi connectivity index (χ0n) is 18.1. The molecule has 0 aromatic carbocycles. The smallest absolute Gasteiger partial charge is 0.255 e. The quantitative estimate of drug-likeness (QED) is 0.237. The lowest BCUT2D eigenvalue weighted by Crippen LogP contribution is -2.71. The highest BCUT2D eigenvalue weighted by Crippen LogP contribution is 2.57. The molecule has 4 aliphatic rings. The summed E-state index contributed by atoms with van der Waals surface area (Å²) in [4.78, 5) is 39.7. The van der Waals surface area contributed by atoms with Gasteiger partial charge < -0.3 is 36.4 Å².